The number of aromatic nitrogens is 2. The molecule has 90 valence electrons. The van der Waals surface area contributed by atoms with Crippen molar-refractivity contribution in [1.29, 1.82) is 0 Å². The second kappa shape index (κ2) is 4.27. The monoisotopic (exact) mass is 258 g/mol. The molecule has 0 spiro atoms. The minimum Gasteiger partial charge on any atom is -0.507 e. The Morgan fingerprint density at radius 2 is 2.17 bits per heavy atom. The first-order valence-corrected chi connectivity index (χ1v) is 6.35. The lowest BCUT2D eigenvalue weighted by Gasteiger charge is -2.01. The summed E-state index contributed by atoms with van der Waals surface area (Å²) in [6.45, 7) is 1.83. The van der Waals surface area contributed by atoms with E-state index in [-0.39, 0.29) is 5.75 Å². The summed E-state index contributed by atoms with van der Waals surface area (Å²) in [5, 5.41) is 17.8. The van der Waals surface area contributed by atoms with E-state index in [4.69, 9.17) is 4.52 Å². The van der Waals surface area contributed by atoms with Crippen LogP contribution < -0.4 is 0 Å². The predicted octanol–water partition coefficient (Wildman–Crippen LogP) is 3.48. The highest BCUT2D eigenvalue weighted by molar-refractivity contribution is 7.08. The Hall–Kier alpha value is -2.14. The molecule has 1 N–H and O–H groups in total. The lowest BCUT2D eigenvalue weighted by Crippen LogP contribution is -1.82. The van der Waals surface area contributed by atoms with Gasteiger partial charge in [-0.1, -0.05) is 17.3 Å². The van der Waals surface area contributed by atoms with Crippen LogP contribution in [0.5, 0.6) is 5.75 Å². The van der Waals surface area contributed by atoms with Crippen molar-refractivity contribution in [1.82, 2.24) is 10.1 Å². The molecule has 0 bridgehead atoms. The van der Waals surface area contributed by atoms with Crippen LogP contribution in [0.3, 0.4) is 0 Å². The highest BCUT2D eigenvalue weighted by Gasteiger charge is 2.14. The molecule has 1 aromatic carbocycles. The zero-order valence-electron chi connectivity index (χ0n) is 9.62. The lowest BCUT2D eigenvalue weighted by atomic mass is 10.1. The first-order chi connectivity index (χ1) is 8.75. The van der Waals surface area contributed by atoms with E-state index in [1.807, 2.05) is 35.9 Å². The largest absolute Gasteiger partial charge is 0.507 e. The number of nitrogens with zero attached hydrogens (tertiary/aromatic N) is 2. The van der Waals surface area contributed by atoms with Crippen LogP contribution in [0, 0.1) is 6.92 Å². The van der Waals surface area contributed by atoms with Crippen LogP contribution in [0.25, 0.3) is 22.8 Å². The normalized spacial score (nSPS) is 10.7. The molecule has 0 atom stereocenters. The summed E-state index contributed by atoms with van der Waals surface area (Å²) in [5.74, 6) is 1.04. The van der Waals surface area contributed by atoms with E-state index in [1.54, 1.807) is 17.4 Å². The molecule has 0 saturated heterocycles. The van der Waals surface area contributed by atoms with Gasteiger partial charge in [-0.3, -0.25) is 0 Å². The number of phenols is 1. The molecule has 0 saturated carbocycles. The van der Waals surface area contributed by atoms with E-state index in [0.717, 1.165) is 11.1 Å². The van der Waals surface area contributed by atoms with Crippen molar-refractivity contribution >= 4 is 11.3 Å². The van der Waals surface area contributed by atoms with Gasteiger partial charge in [0.1, 0.15) is 5.75 Å². The van der Waals surface area contributed by atoms with E-state index >= 15 is 0 Å². The van der Waals surface area contributed by atoms with Crippen molar-refractivity contribution in [3.8, 4) is 28.6 Å². The Kier molecular flexibility index (Phi) is 2.60. The number of phenolic OH excluding ortho intramolecular Hbond substituents is 1. The van der Waals surface area contributed by atoms with Crippen molar-refractivity contribution in [3.63, 3.8) is 0 Å². The molecular formula is C13H10N2O2S. The molecule has 0 aliphatic heterocycles. The molecule has 0 unspecified atom stereocenters. The Bertz CT molecular complexity index is 674. The summed E-state index contributed by atoms with van der Waals surface area (Å²) in [4.78, 5) is 4.29. The number of benzene rings is 1. The number of para-hydroxylation sites is 1. The molecule has 0 aliphatic carbocycles. The number of thiophene rings is 1. The minimum atomic E-state index is 0.179. The summed E-state index contributed by atoms with van der Waals surface area (Å²) in [7, 11) is 0. The van der Waals surface area contributed by atoms with Gasteiger partial charge in [-0.25, -0.2) is 0 Å². The van der Waals surface area contributed by atoms with Crippen LogP contribution in [0.15, 0.2) is 39.5 Å². The minimum absolute atomic E-state index is 0.179. The Morgan fingerprint density at radius 3 is 2.94 bits per heavy atom. The zero-order chi connectivity index (χ0) is 12.5. The molecule has 3 aromatic rings. The van der Waals surface area contributed by atoms with Gasteiger partial charge in [0.2, 0.25) is 5.82 Å². The maximum atomic E-state index is 9.97. The summed E-state index contributed by atoms with van der Waals surface area (Å²) in [6.07, 6.45) is 0. The van der Waals surface area contributed by atoms with Gasteiger partial charge in [0.15, 0.2) is 0 Å². The lowest BCUT2D eigenvalue weighted by molar-refractivity contribution is 0.425. The molecule has 3 rings (SSSR count). The van der Waals surface area contributed by atoms with Gasteiger partial charge < -0.3 is 9.63 Å². The highest BCUT2D eigenvalue weighted by atomic mass is 32.1. The average Bonchev–Trinajstić information content (AvgIpc) is 3.01. The fourth-order valence-electron chi connectivity index (χ4n) is 1.67. The molecule has 18 heavy (non-hydrogen) atoms. The third-order valence-corrected chi connectivity index (χ3v) is 3.36. The second-order valence-electron chi connectivity index (χ2n) is 3.91. The molecule has 2 aromatic heterocycles. The SMILES string of the molecule is Cc1cccc(-c2nc(-c3ccsc3)no2)c1O. The van der Waals surface area contributed by atoms with E-state index < -0.39 is 0 Å². The van der Waals surface area contributed by atoms with Crippen molar-refractivity contribution < 1.29 is 9.63 Å². The van der Waals surface area contributed by atoms with Gasteiger partial charge in [0.05, 0.1) is 5.56 Å². The maximum Gasteiger partial charge on any atom is 0.262 e. The highest BCUT2D eigenvalue weighted by Crippen LogP contribution is 2.31. The average molecular weight is 258 g/mol. The summed E-state index contributed by atoms with van der Waals surface area (Å²) < 4.78 is 5.19. The van der Waals surface area contributed by atoms with Gasteiger partial charge in [-0.05, 0) is 30.0 Å². The molecule has 5 heteroatoms. The summed E-state index contributed by atoms with van der Waals surface area (Å²) >= 11 is 1.57. The molecule has 4 nitrogen and oxygen atoms in total. The van der Waals surface area contributed by atoms with Crippen molar-refractivity contribution in [2.24, 2.45) is 0 Å². The number of aryl methyl sites for hydroxylation is 1. The molecule has 0 amide bonds. The number of hydrogen-bond donors (Lipinski definition) is 1. The molecule has 0 fully saturated rings. The van der Waals surface area contributed by atoms with E-state index in [2.05, 4.69) is 10.1 Å². The summed E-state index contributed by atoms with van der Waals surface area (Å²) in [5.41, 5.74) is 2.26. The van der Waals surface area contributed by atoms with Crippen LogP contribution in [-0.4, -0.2) is 15.2 Å². The Morgan fingerprint density at radius 1 is 1.28 bits per heavy atom. The Balaban J connectivity index is 2.06. The van der Waals surface area contributed by atoms with Crippen LogP contribution in [0.4, 0.5) is 0 Å². The number of rotatable bonds is 2. The molecular weight excluding hydrogens is 248 g/mol. The fourth-order valence-corrected chi connectivity index (χ4v) is 2.31. The molecule has 0 aliphatic rings. The standard InChI is InChI=1S/C13H10N2O2S/c1-8-3-2-4-10(11(8)16)13-14-12(15-17-13)9-5-6-18-7-9/h2-7,16H,1H3. The van der Waals surface area contributed by atoms with E-state index in [0.29, 0.717) is 17.3 Å². The molecule has 0 radical (unpaired) electrons. The van der Waals surface area contributed by atoms with Crippen molar-refractivity contribution in [2.45, 2.75) is 6.92 Å². The first-order valence-electron chi connectivity index (χ1n) is 5.41. The number of hydrogen-bond acceptors (Lipinski definition) is 5. The van der Waals surface area contributed by atoms with Gasteiger partial charge in [0, 0.05) is 10.9 Å². The zero-order valence-corrected chi connectivity index (χ0v) is 10.4. The van der Waals surface area contributed by atoms with E-state index in [9.17, 15) is 5.11 Å². The van der Waals surface area contributed by atoms with Gasteiger partial charge >= 0.3 is 0 Å². The Labute approximate surface area is 108 Å². The second-order valence-corrected chi connectivity index (χ2v) is 4.69. The predicted molar refractivity (Wildman–Crippen MR) is 69.4 cm³/mol. The first kappa shape index (κ1) is 11.0. The van der Waals surface area contributed by atoms with Gasteiger partial charge in [-0.2, -0.15) is 16.3 Å². The molecule has 2 heterocycles. The van der Waals surface area contributed by atoms with Gasteiger partial charge in [-0.15, -0.1) is 0 Å². The van der Waals surface area contributed by atoms with Crippen molar-refractivity contribution in [2.75, 3.05) is 0 Å². The van der Waals surface area contributed by atoms with Crippen molar-refractivity contribution in [3.05, 3.63) is 40.6 Å². The summed E-state index contributed by atoms with van der Waals surface area (Å²) in [6, 6.07) is 7.36. The fraction of sp³-hybridized carbons (Fsp3) is 0.0769. The van der Waals surface area contributed by atoms with Crippen LogP contribution >= 0.6 is 11.3 Å². The van der Waals surface area contributed by atoms with Crippen LogP contribution in [-0.2, 0) is 0 Å². The van der Waals surface area contributed by atoms with E-state index in [1.165, 1.54) is 0 Å². The van der Waals surface area contributed by atoms with Crippen LogP contribution in [0.2, 0.25) is 0 Å². The number of aromatic hydroxyl groups is 1. The topological polar surface area (TPSA) is 59.2 Å². The van der Waals surface area contributed by atoms with Crippen LogP contribution in [0.1, 0.15) is 5.56 Å². The third kappa shape index (κ3) is 1.78. The smallest absolute Gasteiger partial charge is 0.262 e. The van der Waals surface area contributed by atoms with Gasteiger partial charge in [0.25, 0.3) is 5.89 Å². The third-order valence-electron chi connectivity index (χ3n) is 2.67. The maximum absolute atomic E-state index is 9.97. The quantitative estimate of drug-likeness (QED) is 0.764.